The SMILES string of the molecule is NC(=O)Oc1ncc(-c2cccc3[nH]c4ccccc4c23)cn1. The van der Waals surface area contributed by atoms with Crippen LogP contribution in [0.1, 0.15) is 0 Å². The Morgan fingerprint density at radius 1 is 1.00 bits per heavy atom. The summed E-state index contributed by atoms with van der Waals surface area (Å²) in [6, 6.07) is 14.1. The van der Waals surface area contributed by atoms with Gasteiger partial charge in [0.1, 0.15) is 0 Å². The van der Waals surface area contributed by atoms with Crippen molar-refractivity contribution >= 4 is 27.9 Å². The normalized spacial score (nSPS) is 11.0. The maximum Gasteiger partial charge on any atom is 0.412 e. The van der Waals surface area contributed by atoms with Crippen molar-refractivity contribution < 1.29 is 9.53 Å². The Labute approximate surface area is 130 Å². The first-order valence-corrected chi connectivity index (χ1v) is 7.01. The first kappa shape index (κ1) is 13.3. The fraction of sp³-hybridized carbons (Fsp3) is 0. The van der Waals surface area contributed by atoms with Gasteiger partial charge in [-0.05, 0) is 17.7 Å². The molecule has 2 heterocycles. The number of nitrogens with one attached hydrogen (secondary N) is 1. The van der Waals surface area contributed by atoms with E-state index in [1.807, 2.05) is 36.4 Å². The van der Waals surface area contributed by atoms with Crippen LogP contribution in [0.2, 0.25) is 0 Å². The molecule has 0 aliphatic heterocycles. The lowest BCUT2D eigenvalue weighted by molar-refractivity contribution is 0.207. The molecule has 0 aliphatic rings. The Kier molecular flexibility index (Phi) is 2.94. The van der Waals surface area contributed by atoms with Crippen LogP contribution in [-0.2, 0) is 0 Å². The third-order valence-corrected chi connectivity index (χ3v) is 3.66. The number of para-hydroxylation sites is 1. The lowest BCUT2D eigenvalue weighted by Crippen LogP contribution is -2.17. The van der Waals surface area contributed by atoms with Crippen molar-refractivity contribution in [1.82, 2.24) is 15.0 Å². The predicted molar refractivity (Wildman–Crippen MR) is 87.0 cm³/mol. The van der Waals surface area contributed by atoms with Crippen LogP contribution in [0.15, 0.2) is 54.9 Å². The molecule has 0 fully saturated rings. The number of amides is 1. The van der Waals surface area contributed by atoms with E-state index in [2.05, 4.69) is 25.8 Å². The van der Waals surface area contributed by atoms with Gasteiger partial charge in [-0.2, -0.15) is 0 Å². The molecule has 6 heteroatoms. The highest BCUT2D eigenvalue weighted by molar-refractivity contribution is 6.14. The summed E-state index contributed by atoms with van der Waals surface area (Å²) in [4.78, 5) is 22.2. The van der Waals surface area contributed by atoms with E-state index in [1.165, 1.54) is 0 Å². The zero-order valence-corrected chi connectivity index (χ0v) is 12.0. The van der Waals surface area contributed by atoms with Crippen molar-refractivity contribution in [1.29, 1.82) is 0 Å². The van der Waals surface area contributed by atoms with Gasteiger partial charge in [0.15, 0.2) is 0 Å². The van der Waals surface area contributed by atoms with Gasteiger partial charge in [-0.1, -0.05) is 30.3 Å². The maximum absolute atomic E-state index is 10.7. The third kappa shape index (κ3) is 2.26. The number of aromatic amines is 1. The summed E-state index contributed by atoms with van der Waals surface area (Å²) in [7, 11) is 0. The van der Waals surface area contributed by atoms with Crippen molar-refractivity contribution in [3.63, 3.8) is 0 Å². The van der Waals surface area contributed by atoms with Crippen molar-refractivity contribution in [2.45, 2.75) is 0 Å². The Balaban J connectivity index is 1.90. The lowest BCUT2D eigenvalue weighted by atomic mass is 10.0. The Hall–Kier alpha value is -3.41. The van der Waals surface area contributed by atoms with E-state index in [4.69, 9.17) is 5.73 Å². The molecule has 6 nitrogen and oxygen atoms in total. The molecule has 0 spiro atoms. The second kappa shape index (κ2) is 5.10. The number of nitrogens with zero attached hydrogens (tertiary/aromatic N) is 2. The zero-order valence-electron chi connectivity index (χ0n) is 12.0. The molecule has 4 aromatic rings. The maximum atomic E-state index is 10.7. The Morgan fingerprint density at radius 2 is 1.74 bits per heavy atom. The largest absolute Gasteiger partial charge is 0.412 e. The van der Waals surface area contributed by atoms with E-state index >= 15 is 0 Å². The fourth-order valence-corrected chi connectivity index (χ4v) is 2.74. The van der Waals surface area contributed by atoms with E-state index in [0.717, 1.165) is 32.9 Å². The number of primary amides is 1. The molecule has 0 unspecified atom stereocenters. The molecule has 4 rings (SSSR count). The molecular formula is C17H12N4O2. The van der Waals surface area contributed by atoms with E-state index in [1.54, 1.807) is 12.4 Å². The minimum atomic E-state index is -0.934. The van der Waals surface area contributed by atoms with Crippen molar-refractivity contribution in [3.05, 3.63) is 54.9 Å². The Morgan fingerprint density at radius 3 is 2.52 bits per heavy atom. The summed E-state index contributed by atoms with van der Waals surface area (Å²) in [5, 5.41) is 2.24. The van der Waals surface area contributed by atoms with Crippen LogP contribution in [0.25, 0.3) is 32.9 Å². The van der Waals surface area contributed by atoms with Gasteiger partial charge < -0.3 is 15.5 Å². The first-order valence-electron chi connectivity index (χ1n) is 7.01. The third-order valence-electron chi connectivity index (χ3n) is 3.66. The summed E-state index contributed by atoms with van der Waals surface area (Å²) in [5.74, 6) is 0. The lowest BCUT2D eigenvalue weighted by Gasteiger charge is -2.04. The van der Waals surface area contributed by atoms with Crippen LogP contribution in [0.5, 0.6) is 6.01 Å². The van der Waals surface area contributed by atoms with Gasteiger partial charge in [0.25, 0.3) is 0 Å². The van der Waals surface area contributed by atoms with E-state index in [9.17, 15) is 4.79 Å². The number of H-pyrrole nitrogens is 1. The molecule has 112 valence electrons. The topological polar surface area (TPSA) is 93.9 Å². The number of aromatic nitrogens is 3. The second-order valence-corrected chi connectivity index (χ2v) is 5.07. The summed E-state index contributed by atoms with van der Waals surface area (Å²) >= 11 is 0. The molecule has 0 saturated carbocycles. The average molecular weight is 304 g/mol. The van der Waals surface area contributed by atoms with E-state index in [0.29, 0.717) is 0 Å². The molecule has 0 bridgehead atoms. The van der Waals surface area contributed by atoms with Crippen molar-refractivity contribution in [3.8, 4) is 17.1 Å². The molecule has 0 radical (unpaired) electrons. The molecule has 1 amide bonds. The minimum absolute atomic E-state index is 0.0626. The molecular weight excluding hydrogens is 292 g/mol. The van der Waals surface area contributed by atoms with Gasteiger partial charge in [-0.15, -0.1) is 0 Å². The highest BCUT2D eigenvalue weighted by atomic mass is 16.6. The fourth-order valence-electron chi connectivity index (χ4n) is 2.74. The molecule has 0 atom stereocenters. The van der Waals surface area contributed by atoms with Gasteiger partial charge in [-0.25, -0.2) is 14.8 Å². The summed E-state index contributed by atoms with van der Waals surface area (Å²) in [6.45, 7) is 0. The first-order chi connectivity index (χ1) is 11.2. The van der Waals surface area contributed by atoms with Crippen molar-refractivity contribution in [2.75, 3.05) is 0 Å². The molecule has 2 aromatic carbocycles. The van der Waals surface area contributed by atoms with Crippen LogP contribution < -0.4 is 10.5 Å². The summed E-state index contributed by atoms with van der Waals surface area (Å²) < 4.78 is 4.66. The van der Waals surface area contributed by atoms with Crippen LogP contribution in [-0.4, -0.2) is 21.0 Å². The highest BCUT2D eigenvalue weighted by Crippen LogP contribution is 2.34. The highest BCUT2D eigenvalue weighted by Gasteiger charge is 2.11. The average Bonchev–Trinajstić information content (AvgIpc) is 2.93. The van der Waals surface area contributed by atoms with Crippen LogP contribution >= 0.6 is 0 Å². The molecule has 0 saturated heterocycles. The predicted octanol–water partition coefficient (Wildman–Crippen LogP) is 3.24. The number of carbonyl (C=O) groups is 1. The smallest absolute Gasteiger partial charge is 0.374 e. The van der Waals surface area contributed by atoms with Crippen LogP contribution in [0.3, 0.4) is 0 Å². The second-order valence-electron chi connectivity index (χ2n) is 5.07. The molecule has 2 aromatic heterocycles. The quantitative estimate of drug-likeness (QED) is 0.594. The number of hydrogen-bond donors (Lipinski definition) is 2. The molecule has 0 aliphatic carbocycles. The van der Waals surface area contributed by atoms with E-state index in [-0.39, 0.29) is 6.01 Å². The zero-order chi connectivity index (χ0) is 15.8. The number of ether oxygens (including phenoxy) is 1. The van der Waals surface area contributed by atoms with E-state index < -0.39 is 6.09 Å². The van der Waals surface area contributed by atoms with Crippen LogP contribution in [0.4, 0.5) is 4.79 Å². The van der Waals surface area contributed by atoms with Crippen molar-refractivity contribution in [2.24, 2.45) is 5.73 Å². The molecule has 23 heavy (non-hydrogen) atoms. The number of fused-ring (bicyclic) bond motifs is 3. The van der Waals surface area contributed by atoms with Crippen LogP contribution in [0, 0.1) is 0 Å². The number of nitrogens with two attached hydrogens (primary N) is 1. The monoisotopic (exact) mass is 304 g/mol. The number of benzene rings is 2. The van der Waals surface area contributed by atoms with Gasteiger partial charge in [0, 0.05) is 39.8 Å². The number of rotatable bonds is 2. The van der Waals surface area contributed by atoms with Gasteiger partial charge >= 0.3 is 12.1 Å². The van der Waals surface area contributed by atoms with Gasteiger partial charge in [0.2, 0.25) is 0 Å². The summed E-state index contributed by atoms with van der Waals surface area (Å²) in [6.07, 6.45) is 2.29. The van der Waals surface area contributed by atoms with Gasteiger partial charge in [-0.3, -0.25) is 0 Å². The number of carbonyl (C=O) groups excluding carboxylic acids is 1. The standard InChI is InChI=1S/C17H12N4O2/c18-16(22)23-17-19-8-10(9-20-17)11-5-3-7-14-15(11)12-4-1-2-6-13(12)21-14/h1-9,21H,(H2,18,22). The van der Waals surface area contributed by atoms with Gasteiger partial charge in [0.05, 0.1) is 0 Å². The minimum Gasteiger partial charge on any atom is -0.374 e. The Bertz CT molecular complexity index is 1020. The summed E-state index contributed by atoms with van der Waals surface area (Å²) in [5.41, 5.74) is 8.90. The number of hydrogen-bond acceptors (Lipinski definition) is 4. The molecule has 3 N–H and O–H groups in total.